The fourth-order valence-corrected chi connectivity index (χ4v) is 3.08. The van der Waals surface area contributed by atoms with Crippen LogP contribution in [-0.4, -0.2) is 47.8 Å². The topological polar surface area (TPSA) is 40.6 Å². The minimum absolute atomic E-state index is 0.0132. The lowest BCUT2D eigenvalue weighted by molar-refractivity contribution is -0.153. The molecule has 2 heterocycles. The van der Waals surface area contributed by atoms with Crippen LogP contribution in [0.4, 0.5) is 0 Å². The highest BCUT2D eigenvalue weighted by molar-refractivity contribution is 6.04. The second kappa shape index (κ2) is 5.93. The molecule has 2 rings (SSSR count). The zero-order valence-corrected chi connectivity index (χ0v) is 12.3. The Bertz CT molecular complexity index is 338. The summed E-state index contributed by atoms with van der Waals surface area (Å²) in [5.74, 6) is 0.0329. The molecule has 0 unspecified atom stereocenters. The first-order valence-corrected chi connectivity index (χ1v) is 7.62. The average Bonchev–Trinajstić information content (AvgIpc) is 2.79. The van der Waals surface area contributed by atoms with E-state index in [0.29, 0.717) is 0 Å². The molecular formula is C15H26N2O2. The molecule has 2 amide bonds. The van der Waals surface area contributed by atoms with E-state index in [1.54, 1.807) is 13.8 Å². The van der Waals surface area contributed by atoms with Gasteiger partial charge in [0.1, 0.15) is 5.41 Å². The van der Waals surface area contributed by atoms with Crippen LogP contribution in [0.3, 0.4) is 0 Å². The van der Waals surface area contributed by atoms with Crippen LogP contribution in [0.1, 0.15) is 52.4 Å². The number of amides is 2. The monoisotopic (exact) mass is 266 g/mol. The molecule has 4 heteroatoms. The lowest BCUT2D eigenvalue weighted by Gasteiger charge is -2.33. The van der Waals surface area contributed by atoms with E-state index in [1.807, 2.05) is 9.80 Å². The molecule has 0 aromatic heterocycles. The lowest BCUT2D eigenvalue weighted by Crippen LogP contribution is -2.50. The molecule has 2 aliphatic rings. The number of hydrogen-bond donors (Lipinski definition) is 0. The Labute approximate surface area is 116 Å². The molecule has 0 aliphatic carbocycles. The predicted molar refractivity (Wildman–Crippen MR) is 74.6 cm³/mol. The van der Waals surface area contributed by atoms with Crippen molar-refractivity contribution in [3.63, 3.8) is 0 Å². The second-order valence-corrected chi connectivity index (χ2v) is 6.33. The van der Waals surface area contributed by atoms with E-state index in [2.05, 4.69) is 0 Å². The van der Waals surface area contributed by atoms with Gasteiger partial charge in [-0.15, -0.1) is 0 Å². The summed E-state index contributed by atoms with van der Waals surface area (Å²) in [7, 11) is 0. The first kappa shape index (κ1) is 14.4. The van der Waals surface area contributed by atoms with E-state index >= 15 is 0 Å². The van der Waals surface area contributed by atoms with Gasteiger partial charge in [0.25, 0.3) is 0 Å². The number of nitrogens with zero attached hydrogens (tertiary/aromatic N) is 2. The van der Waals surface area contributed by atoms with Crippen LogP contribution in [0.25, 0.3) is 0 Å². The molecule has 0 aromatic rings. The fourth-order valence-electron chi connectivity index (χ4n) is 3.08. The van der Waals surface area contributed by atoms with Crippen molar-refractivity contribution in [2.45, 2.75) is 52.4 Å². The molecule has 19 heavy (non-hydrogen) atoms. The van der Waals surface area contributed by atoms with Gasteiger partial charge in [0.15, 0.2) is 0 Å². The van der Waals surface area contributed by atoms with Crippen LogP contribution in [0.2, 0.25) is 0 Å². The maximum atomic E-state index is 12.6. The minimum Gasteiger partial charge on any atom is -0.342 e. The molecule has 0 N–H and O–H groups in total. The summed E-state index contributed by atoms with van der Waals surface area (Å²) in [5.41, 5.74) is -0.894. The molecule has 0 bridgehead atoms. The third-order valence-corrected chi connectivity index (χ3v) is 4.36. The Morgan fingerprint density at radius 3 is 1.37 bits per heavy atom. The van der Waals surface area contributed by atoms with Crippen LogP contribution in [-0.2, 0) is 9.59 Å². The molecule has 2 aliphatic heterocycles. The molecule has 0 radical (unpaired) electrons. The van der Waals surface area contributed by atoms with Gasteiger partial charge in [0.2, 0.25) is 11.8 Å². The number of rotatable bonds is 2. The molecular weight excluding hydrogens is 240 g/mol. The minimum atomic E-state index is -0.894. The van der Waals surface area contributed by atoms with Gasteiger partial charge in [-0.25, -0.2) is 0 Å². The number of carbonyl (C=O) groups excluding carboxylic acids is 2. The van der Waals surface area contributed by atoms with E-state index in [-0.39, 0.29) is 11.8 Å². The standard InChI is InChI=1S/C15H26N2O2/c1-15(2,14(19)17-11-7-8-12-17)13(18)16-9-5-3-4-6-10-16/h3-12H2,1-2H3. The summed E-state index contributed by atoms with van der Waals surface area (Å²) in [5, 5.41) is 0. The zero-order chi connectivity index (χ0) is 13.9. The summed E-state index contributed by atoms with van der Waals surface area (Å²) in [6.07, 6.45) is 6.67. The summed E-state index contributed by atoms with van der Waals surface area (Å²) < 4.78 is 0. The van der Waals surface area contributed by atoms with E-state index < -0.39 is 5.41 Å². The molecule has 2 saturated heterocycles. The predicted octanol–water partition coefficient (Wildman–Crippen LogP) is 2.04. The van der Waals surface area contributed by atoms with Crippen LogP contribution >= 0.6 is 0 Å². The second-order valence-electron chi connectivity index (χ2n) is 6.33. The Balaban J connectivity index is 2.04. The lowest BCUT2D eigenvalue weighted by atomic mass is 9.89. The van der Waals surface area contributed by atoms with E-state index in [9.17, 15) is 9.59 Å². The van der Waals surface area contributed by atoms with Crippen LogP contribution in [0.15, 0.2) is 0 Å². The first-order valence-electron chi connectivity index (χ1n) is 7.62. The summed E-state index contributed by atoms with van der Waals surface area (Å²) >= 11 is 0. The van der Waals surface area contributed by atoms with Crippen molar-refractivity contribution in [1.29, 1.82) is 0 Å². The van der Waals surface area contributed by atoms with Gasteiger partial charge in [-0.05, 0) is 39.5 Å². The van der Waals surface area contributed by atoms with Crippen LogP contribution in [0, 0.1) is 5.41 Å². The van der Waals surface area contributed by atoms with Crippen molar-refractivity contribution in [2.24, 2.45) is 5.41 Å². The number of likely N-dealkylation sites (tertiary alicyclic amines) is 2. The Kier molecular flexibility index (Phi) is 4.48. The van der Waals surface area contributed by atoms with Crippen molar-refractivity contribution in [2.75, 3.05) is 26.2 Å². The zero-order valence-electron chi connectivity index (χ0n) is 12.3. The number of carbonyl (C=O) groups is 2. The molecule has 2 fully saturated rings. The maximum Gasteiger partial charge on any atom is 0.237 e. The Morgan fingerprint density at radius 2 is 1.00 bits per heavy atom. The summed E-state index contributed by atoms with van der Waals surface area (Å²) in [6, 6.07) is 0. The average molecular weight is 266 g/mol. The van der Waals surface area contributed by atoms with Gasteiger partial charge in [-0.1, -0.05) is 12.8 Å². The summed E-state index contributed by atoms with van der Waals surface area (Å²) in [6.45, 7) is 6.85. The fraction of sp³-hybridized carbons (Fsp3) is 0.867. The van der Waals surface area contributed by atoms with Crippen LogP contribution < -0.4 is 0 Å². The van der Waals surface area contributed by atoms with Gasteiger partial charge < -0.3 is 9.80 Å². The van der Waals surface area contributed by atoms with Gasteiger partial charge in [0, 0.05) is 26.2 Å². The van der Waals surface area contributed by atoms with E-state index in [4.69, 9.17) is 0 Å². The normalized spacial score (nSPS) is 21.4. The molecule has 4 nitrogen and oxygen atoms in total. The van der Waals surface area contributed by atoms with Gasteiger partial charge in [0.05, 0.1) is 0 Å². The maximum absolute atomic E-state index is 12.6. The first-order chi connectivity index (χ1) is 9.03. The molecule has 0 spiro atoms. The van der Waals surface area contributed by atoms with Crippen molar-refractivity contribution >= 4 is 11.8 Å². The van der Waals surface area contributed by atoms with E-state index in [0.717, 1.165) is 51.9 Å². The van der Waals surface area contributed by atoms with E-state index in [1.165, 1.54) is 12.8 Å². The Hall–Kier alpha value is -1.06. The van der Waals surface area contributed by atoms with Crippen molar-refractivity contribution in [3.05, 3.63) is 0 Å². The summed E-state index contributed by atoms with van der Waals surface area (Å²) in [4.78, 5) is 28.9. The quantitative estimate of drug-likeness (QED) is 0.718. The van der Waals surface area contributed by atoms with Crippen LogP contribution in [0.5, 0.6) is 0 Å². The van der Waals surface area contributed by atoms with Gasteiger partial charge in [-0.2, -0.15) is 0 Å². The number of hydrogen-bond acceptors (Lipinski definition) is 2. The molecule has 0 aromatic carbocycles. The smallest absolute Gasteiger partial charge is 0.237 e. The third kappa shape index (κ3) is 3.10. The van der Waals surface area contributed by atoms with Crippen molar-refractivity contribution < 1.29 is 9.59 Å². The largest absolute Gasteiger partial charge is 0.342 e. The highest BCUT2D eigenvalue weighted by atomic mass is 16.2. The third-order valence-electron chi connectivity index (χ3n) is 4.36. The molecule has 0 atom stereocenters. The van der Waals surface area contributed by atoms with Crippen molar-refractivity contribution in [3.8, 4) is 0 Å². The van der Waals surface area contributed by atoms with Crippen molar-refractivity contribution in [1.82, 2.24) is 9.80 Å². The molecule has 0 saturated carbocycles. The SMILES string of the molecule is CC(C)(C(=O)N1CCCCCC1)C(=O)N1CCCC1. The van der Waals surface area contributed by atoms with Gasteiger partial charge in [-0.3, -0.25) is 9.59 Å². The van der Waals surface area contributed by atoms with Gasteiger partial charge >= 0.3 is 0 Å². The highest BCUT2D eigenvalue weighted by Crippen LogP contribution is 2.26. The Morgan fingerprint density at radius 1 is 0.684 bits per heavy atom. The molecule has 108 valence electrons. The highest BCUT2D eigenvalue weighted by Gasteiger charge is 2.42.